The highest BCUT2D eigenvalue weighted by atomic mass is 16.7. The predicted molar refractivity (Wildman–Crippen MR) is 101 cm³/mol. The van der Waals surface area contributed by atoms with Gasteiger partial charge in [0.25, 0.3) is 0 Å². The molecule has 0 N–H and O–H groups in total. The summed E-state index contributed by atoms with van der Waals surface area (Å²) in [6, 6.07) is 18.2. The van der Waals surface area contributed by atoms with Crippen LogP contribution in [-0.2, 0) is 0 Å². The lowest BCUT2D eigenvalue weighted by molar-refractivity contribution is 0.174. The van der Waals surface area contributed by atoms with E-state index in [0.717, 1.165) is 50.8 Å². The smallest absolute Gasteiger partial charge is 0.231 e. The van der Waals surface area contributed by atoms with Crippen LogP contribution < -0.4 is 18.9 Å². The summed E-state index contributed by atoms with van der Waals surface area (Å²) in [6.45, 7) is 2.28. The monoisotopic (exact) mass is 348 g/mol. The molecule has 0 amide bonds. The molecule has 0 spiro atoms. The Morgan fingerprint density at radius 3 is 1.85 bits per heavy atom. The molecular weight excluding hydrogens is 328 g/mol. The molecule has 1 heterocycles. The van der Waals surface area contributed by atoms with E-state index < -0.39 is 0 Å². The van der Waals surface area contributed by atoms with E-state index in [0.29, 0.717) is 0 Å². The molecule has 4 nitrogen and oxygen atoms in total. The van der Waals surface area contributed by atoms with Gasteiger partial charge in [-0.3, -0.25) is 0 Å². The van der Waals surface area contributed by atoms with E-state index in [1.165, 1.54) is 0 Å². The van der Waals surface area contributed by atoms with Crippen LogP contribution in [0.3, 0.4) is 0 Å². The molecule has 1 aliphatic heterocycles. The molecule has 4 heteroatoms. The summed E-state index contributed by atoms with van der Waals surface area (Å²) in [5.74, 6) is 3.26. The Balaban J connectivity index is 1.93. The van der Waals surface area contributed by atoms with E-state index in [1.807, 2.05) is 43.3 Å². The van der Waals surface area contributed by atoms with Crippen LogP contribution in [0.1, 0.15) is 5.56 Å². The maximum atomic E-state index is 5.85. The van der Waals surface area contributed by atoms with Gasteiger partial charge in [-0.05, 0) is 59.5 Å². The van der Waals surface area contributed by atoms with Crippen molar-refractivity contribution in [3.05, 3.63) is 60.2 Å². The molecule has 0 bridgehead atoms. The largest absolute Gasteiger partial charge is 0.497 e. The van der Waals surface area contributed by atoms with E-state index in [1.54, 1.807) is 14.2 Å². The van der Waals surface area contributed by atoms with Crippen LogP contribution in [-0.4, -0.2) is 21.0 Å². The minimum Gasteiger partial charge on any atom is -0.497 e. The average molecular weight is 348 g/mol. The third-order valence-electron chi connectivity index (χ3n) is 4.61. The fourth-order valence-corrected chi connectivity index (χ4v) is 3.28. The molecule has 3 aromatic carbocycles. The maximum Gasteiger partial charge on any atom is 0.231 e. The molecule has 0 unspecified atom stereocenters. The summed E-state index contributed by atoms with van der Waals surface area (Å²) in [5.41, 5.74) is 5.33. The van der Waals surface area contributed by atoms with Gasteiger partial charge < -0.3 is 18.9 Å². The Labute approximate surface area is 152 Å². The second-order valence-electron chi connectivity index (χ2n) is 6.14. The summed E-state index contributed by atoms with van der Waals surface area (Å²) >= 11 is 0. The molecule has 0 saturated carbocycles. The van der Waals surface area contributed by atoms with Gasteiger partial charge in [-0.1, -0.05) is 24.3 Å². The van der Waals surface area contributed by atoms with Gasteiger partial charge in [-0.2, -0.15) is 0 Å². The van der Waals surface area contributed by atoms with Crippen molar-refractivity contribution in [3.8, 4) is 45.3 Å². The van der Waals surface area contributed by atoms with Crippen LogP contribution >= 0.6 is 0 Å². The molecule has 0 aliphatic carbocycles. The molecule has 0 aromatic heterocycles. The Kier molecular flexibility index (Phi) is 4.17. The van der Waals surface area contributed by atoms with Crippen molar-refractivity contribution in [2.24, 2.45) is 0 Å². The third kappa shape index (κ3) is 2.73. The van der Waals surface area contributed by atoms with E-state index in [2.05, 4.69) is 18.2 Å². The molecule has 4 rings (SSSR count). The van der Waals surface area contributed by atoms with Gasteiger partial charge in [-0.15, -0.1) is 0 Å². The van der Waals surface area contributed by atoms with E-state index in [9.17, 15) is 0 Å². The number of aryl methyl sites for hydroxylation is 1. The van der Waals surface area contributed by atoms with Crippen LogP contribution in [0.5, 0.6) is 23.0 Å². The van der Waals surface area contributed by atoms with Crippen molar-refractivity contribution < 1.29 is 18.9 Å². The lowest BCUT2D eigenvalue weighted by Crippen LogP contribution is -1.94. The number of fused-ring (bicyclic) bond motifs is 1. The van der Waals surface area contributed by atoms with E-state index in [-0.39, 0.29) is 6.79 Å². The second kappa shape index (κ2) is 6.64. The SMILES string of the molecule is COc1ccc(-c2cc(C)c3c(c2-c2ccc(OC)cc2)OCO3)cc1. The van der Waals surface area contributed by atoms with Crippen LogP contribution in [0.25, 0.3) is 22.3 Å². The van der Waals surface area contributed by atoms with Gasteiger partial charge in [-0.25, -0.2) is 0 Å². The standard InChI is InChI=1S/C22H20O4/c1-14-12-19(15-4-8-17(23-2)9-5-15)20(22-21(14)25-13-26-22)16-6-10-18(24-3)11-7-16/h4-12H,13H2,1-3H3. The summed E-state index contributed by atoms with van der Waals surface area (Å²) in [4.78, 5) is 0. The van der Waals surface area contributed by atoms with Crippen molar-refractivity contribution >= 4 is 0 Å². The van der Waals surface area contributed by atoms with Crippen LogP contribution in [0.2, 0.25) is 0 Å². The van der Waals surface area contributed by atoms with Crippen LogP contribution in [0.4, 0.5) is 0 Å². The second-order valence-corrected chi connectivity index (χ2v) is 6.14. The Morgan fingerprint density at radius 2 is 1.27 bits per heavy atom. The van der Waals surface area contributed by atoms with Gasteiger partial charge in [0.1, 0.15) is 11.5 Å². The highest BCUT2D eigenvalue weighted by Gasteiger charge is 2.25. The molecule has 3 aromatic rings. The zero-order chi connectivity index (χ0) is 18.1. The van der Waals surface area contributed by atoms with Crippen molar-refractivity contribution in [2.75, 3.05) is 21.0 Å². The average Bonchev–Trinajstić information content (AvgIpc) is 3.18. The van der Waals surface area contributed by atoms with Crippen LogP contribution in [0.15, 0.2) is 54.6 Å². The number of hydrogen-bond acceptors (Lipinski definition) is 4. The normalized spacial score (nSPS) is 12.1. The maximum absolute atomic E-state index is 5.85. The first kappa shape index (κ1) is 16.3. The molecular formula is C22H20O4. The van der Waals surface area contributed by atoms with Crippen molar-refractivity contribution in [1.82, 2.24) is 0 Å². The molecule has 0 fully saturated rings. The number of rotatable bonds is 4. The number of hydrogen-bond donors (Lipinski definition) is 0. The summed E-state index contributed by atoms with van der Waals surface area (Å²) in [6.07, 6.45) is 0. The Hall–Kier alpha value is -3.14. The van der Waals surface area contributed by atoms with Gasteiger partial charge in [0.15, 0.2) is 11.5 Å². The Morgan fingerprint density at radius 1 is 0.731 bits per heavy atom. The van der Waals surface area contributed by atoms with Crippen LogP contribution in [0, 0.1) is 6.92 Å². The minimum absolute atomic E-state index is 0.241. The summed E-state index contributed by atoms with van der Waals surface area (Å²) in [5, 5.41) is 0. The summed E-state index contributed by atoms with van der Waals surface area (Å²) in [7, 11) is 3.33. The van der Waals surface area contributed by atoms with Crippen molar-refractivity contribution in [2.45, 2.75) is 6.92 Å². The van der Waals surface area contributed by atoms with Gasteiger partial charge >= 0.3 is 0 Å². The molecule has 0 atom stereocenters. The molecule has 1 aliphatic rings. The lowest BCUT2D eigenvalue weighted by Gasteiger charge is -2.16. The fourth-order valence-electron chi connectivity index (χ4n) is 3.28. The van der Waals surface area contributed by atoms with Gasteiger partial charge in [0, 0.05) is 5.56 Å². The van der Waals surface area contributed by atoms with E-state index >= 15 is 0 Å². The highest BCUT2D eigenvalue weighted by Crippen LogP contribution is 2.49. The highest BCUT2D eigenvalue weighted by molar-refractivity contribution is 5.91. The zero-order valence-corrected chi connectivity index (χ0v) is 15.0. The Bertz CT molecular complexity index is 928. The lowest BCUT2D eigenvalue weighted by atomic mass is 9.91. The summed E-state index contributed by atoms with van der Waals surface area (Å²) < 4.78 is 22.1. The first-order valence-corrected chi connectivity index (χ1v) is 8.43. The van der Waals surface area contributed by atoms with Crippen molar-refractivity contribution in [1.29, 1.82) is 0 Å². The third-order valence-corrected chi connectivity index (χ3v) is 4.61. The molecule has 132 valence electrons. The fraction of sp³-hybridized carbons (Fsp3) is 0.182. The quantitative estimate of drug-likeness (QED) is 0.659. The molecule has 26 heavy (non-hydrogen) atoms. The first-order valence-electron chi connectivity index (χ1n) is 8.43. The molecule has 0 saturated heterocycles. The van der Waals surface area contributed by atoms with E-state index in [4.69, 9.17) is 18.9 Å². The topological polar surface area (TPSA) is 36.9 Å². The number of methoxy groups -OCH3 is 2. The predicted octanol–water partition coefficient (Wildman–Crippen LogP) is 5.07. The number of benzene rings is 3. The zero-order valence-electron chi connectivity index (χ0n) is 15.0. The van der Waals surface area contributed by atoms with Crippen molar-refractivity contribution in [3.63, 3.8) is 0 Å². The number of ether oxygens (including phenoxy) is 4. The van der Waals surface area contributed by atoms with Gasteiger partial charge in [0.2, 0.25) is 6.79 Å². The van der Waals surface area contributed by atoms with Gasteiger partial charge in [0.05, 0.1) is 14.2 Å². The molecule has 0 radical (unpaired) electrons. The minimum atomic E-state index is 0.241. The first-order chi connectivity index (χ1) is 12.7.